The van der Waals surface area contributed by atoms with E-state index in [1.807, 2.05) is 19.1 Å². The summed E-state index contributed by atoms with van der Waals surface area (Å²) in [5, 5.41) is 17.3. The molecule has 0 spiro atoms. The van der Waals surface area contributed by atoms with Crippen LogP contribution in [0, 0.1) is 17.0 Å². The van der Waals surface area contributed by atoms with Gasteiger partial charge in [0.05, 0.1) is 12.0 Å². The molecule has 0 unspecified atom stereocenters. The maximum absolute atomic E-state index is 11.4. The van der Waals surface area contributed by atoms with Gasteiger partial charge >= 0.3 is 5.69 Å². The minimum Gasteiger partial charge on any atom is -0.497 e. The maximum atomic E-state index is 11.4. The van der Waals surface area contributed by atoms with Gasteiger partial charge in [0.15, 0.2) is 0 Å². The number of nitrogen functional groups attached to an aromatic ring is 1. The third-order valence-corrected chi connectivity index (χ3v) is 3.73. The zero-order valence-electron chi connectivity index (χ0n) is 14.8. The molecule has 138 valence electrons. The predicted molar refractivity (Wildman–Crippen MR) is 104 cm³/mol. The molecule has 0 aliphatic carbocycles. The SMILES string of the molecule is COc1cccc(Nc2nc(N)c([N+](=O)[O-])c(Nc3ccc(C)cc3)n2)c1. The molecule has 9 nitrogen and oxygen atoms in total. The predicted octanol–water partition coefficient (Wildman–Crippen LogP) is 3.77. The molecule has 0 radical (unpaired) electrons. The Morgan fingerprint density at radius 1 is 1.07 bits per heavy atom. The summed E-state index contributed by atoms with van der Waals surface area (Å²) >= 11 is 0. The van der Waals surface area contributed by atoms with Crippen LogP contribution in [-0.2, 0) is 0 Å². The lowest BCUT2D eigenvalue weighted by atomic mass is 10.2. The fourth-order valence-corrected chi connectivity index (χ4v) is 2.40. The first kappa shape index (κ1) is 17.9. The van der Waals surface area contributed by atoms with Crippen molar-refractivity contribution in [1.29, 1.82) is 0 Å². The number of nitrogens with one attached hydrogen (secondary N) is 2. The molecule has 3 aromatic rings. The number of nitrogens with zero attached hydrogens (tertiary/aromatic N) is 3. The zero-order valence-corrected chi connectivity index (χ0v) is 14.8. The fourth-order valence-electron chi connectivity index (χ4n) is 2.40. The Morgan fingerprint density at radius 3 is 2.48 bits per heavy atom. The third kappa shape index (κ3) is 4.21. The van der Waals surface area contributed by atoms with Gasteiger partial charge in [-0.15, -0.1) is 0 Å². The number of hydrogen-bond acceptors (Lipinski definition) is 8. The topological polar surface area (TPSA) is 128 Å². The Bertz CT molecular complexity index is 975. The van der Waals surface area contributed by atoms with Crippen LogP contribution >= 0.6 is 0 Å². The molecule has 27 heavy (non-hydrogen) atoms. The van der Waals surface area contributed by atoms with E-state index in [4.69, 9.17) is 10.5 Å². The number of aryl methyl sites for hydroxylation is 1. The normalized spacial score (nSPS) is 10.3. The number of hydrogen-bond donors (Lipinski definition) is 3. The molecule has 0 bridgehead atoms. The number of anilines is 5. The first-order chi connectivity index (χ1) is 13.0. The average molecular weight is 366 g/mol. The van der Waals surface area contributed by atoms with Gasteiger partial charge in [0.25, 0.3) is 0 Å². The highest BCUT2D eigenvalue weighted by molar-refractivity contribution is 5.75. The van der Waals surface area contributed by atoms with E-state index in [1.165, 1.54) is 0 Å². The van der Waals surface area contributed by atoms with Crippen LogP contribution in [0.4, 0.5) is 34.6 Å². The maximum Gasteiger partial charge on any atom is 0.353 e. The van der Waals surface area contributed by atoms with E-state index in [9.17, 15) is 10.1 Å². The highest BCUT2D eigenvalue weighted by atomic mass is 16.6. The molecule has 2 aromatic carbocycles. The summed E-state index contributed by atoms with van der Waals surface area (Å²) in [5.74, 6) is 0.533. The van der Waals surface area contributed by atoms with Crippen LogP contribution in [0.1, 0.15) is 5.56 Å². The van der Waals surface area contributed by atoms with Gasteiger partial charge in [-0.25, -0.2) is 0 Å². The van der Waals surface area contributed by atoms with Crippen molar-refractivity contribution in [3.8, 4) is 5.75 Å². The summed E-state index contributed by atoms with van der Waals surface area (Å²) in [6.07, 6.45) is 0. The van der Waals surface area contributed by atoms with Crippen molar-refractivity contribution in [2.24, 2.45) is 0 Å². The molecule has 0 aliphatic heterocycles. The molecule has 0 saturated carbocycles. The summed E-state index contributed by atoms with van der Waals surface area (Å²) in [5.41, 5.74) is 7.80. The first-order valence-electron chi connectivity index (χ1n) is 8.03. The van der Waals surface area contributed by atoms with Crippen molar-refractivity contribution in [1.82, 2.24) is 9.97 Å². The van der Waals surface area contributed by atoms with Crippen LogP contribution in [0.15, 0.2) is 48.5 Å². The van der Waals surface area contributed by atoms with Gasteiger partial charge < -0.3 is 21.1 Å². The van der Waals surface area contributed by atoms with E-state index < -0.39 is 4.92 Å². The van der Waals surface area contributed by atoms with Crippen LogP contribution in [0.2, 0.25) is 0 Å². The summed E-state index contributed by atoms with van der Waals surface area (Å²) in [4.78, 5) is 19.0. The van der Waals surface area contributed by atoms with Gasteiger partial charge in [0, 0.05) is 17.4 Å². The van der Waals surface area contributed by atoms with Gasteiger partial charge in [0.2, 0.25) is 17.6 Å². The molecule has 1 heterocycles. The van der Waals surface area contributed by atoms with Gasteiger partial charge in [-0.3, -0.25) is 10.1 Å². The summed E-state index contributed by atoms with van der Waals surface area (Å²) in [6.45, 7) is 1.95. The van der Waals surface area contributed by atoms with E-state index in [2.05, 4.69) is 20.6 Å². The van der Waals surface area contributed by atoms with Crippen LogP contribution < -0.4 is 21.1 Å². The molecule has 0 saturated heterocycles. The third-order valence-electron chi connectivity index (χ3n) is 3.73. The lowest BCUT2D eigenvalue weighted by molar-refractivity contribution is -0.383. The number of benzene rings is 2. The van der Waals surface area contributed by atoms with Crippen molar-refractivity contribution < 1.29 is 9.66 Å². The van der Waals surface area contributed by atoms with Crippen molar-refractivity contribution in [3.05, 3.63) is 64.2 Å². The molecule has 4 N–H and O–H groups in total. The monoisotopic (exact) mass is 366 g/mol. The van der Waals surface area contributed by atoms with E-state index in [0.29, 0.717) is 17.1 Å². The van der Waals surface area contributed by atoms with Gasteiger partial charge in [0.1, 0.15) is 5.75 Å². The van der Waals surface area contributed by atoms with Crippen molar-refractivity contribution in [3.63, 3.8) is 0 Å². The molecule has 0 amide bonds. The van der Waals surface area contributed by atoms with E-state index >= 15 is 0 Å². The quantitative estimate of drug-likeness (QED) is 0.444. The molecule has 9 heteroatoms. The fraction of sp³-hybridized carbons (Fsp3) is 0.111. The highest BCUT2D eigenvalue weighted by Gasteiger charge is 2.23. The Balaban J connectivity index is 1.97. The number of nitrogens with two attached hydrogens (primary N) is 1. The average Bonchev–Trinajstić information content (AvgIpc) is 2.63. The standard InChI is InChI=1S/C18H18N6O3/c1-11-6-8-12(9-7-11)20-17-15(24(25)26)16(19)22-18(23-17)21-13-4-3-5-14(10-13)27-2/h3-10H,1-2H3,(H4,19,20,21,22,23). The van der Waals surface area contributed by atoms with Crippen molar-refractivity contribution >= 4 is 34.6 Å². The van der Waals surface area contributed by atoms with Crippen LogP contribution in [0.3, 0.4) is 0 Å². The van der Waals surface area contributed by atoms with E-state index in [-0.39, 0.29) is 23.3 Å². The summed E-state index contributed by atoms with van der Waals surface area (Å²) < 4.78 is 5.17. The molecular weight excluding hydrogens is 348 g/mol. The Labute approximate surface area is 155 Å². The minimum atomic E-state index is -0.610. The number of methoxy groups -OCH3 is 1. The van der Waals surface area contributed by atoms with Gasteiger partial charge in [-0.1, -0.05) is 23.8 Å². The Morgan fingerprint density at radius 2 is 1.81 bits per heavy atom. The summed E-state index contributed by atoms with van der Waals surface area (Å²) in [6, 6.07) is 14.5. The minimum absolute atomic E-state index is 0.00162. The largest absolute Gasteiger partial charge is 0.497 e. The number of ether oxygens (including phenoxy) is 1. The smallest absolute Gasteiger partial charge is 0.353 e. The lowest BCUT2D eigenvalue weighted by Crippen LogP contribution is -2.08. The second-order valence-electron chi connectivity index (χ2n) is 5.73. The molecule has 0 fully saturated rings. The lowest BCUT2D eigenvalue weighted by Gasteiger charge is -2.11. The van der Waals surface area contributed by atoms with Crippen LogP contribution in [-0.4, -0.2) is 22.0 Å². The van der Waals surface area contributed by atoms with Crippen molar-refractivity contribution in [2.75, 3.05) is 23.5 Å². The summed E-state index contributed by atoms with van der Waals surface area (Å²) in [7, 11) is 1.56. The Hall–Kier alpha value is -3.88. The Kier molecular flexibility index (Phi) is 5.02. The second-order valence-corrected chi connectivity index (χ2v) is 5.73. The van der Waals surface area contributed by atoms with Crippen molar-refractivity contribution in [2.45, 2.75) is 6.92 Å². The second kappa shape index (κ2) is 7.56. The molecule has 0 atom stereocenters. The van der Waals surface area contributed by atoms with Crippen LogP contribution in [0.25, 0.3) is 0 Å². The molecular formula is C18H18N6O3. The van der Waals surface area contributed by atoms with Gasteiger partial charge in [-0.05, 0) is 31.2 Å². The number of aromatic nitrogens is 2. The zero-order chi connectivity index (χ0) is 19.4. The first-order valence-corrected chi connectivity index (χ1v) is 8.03. The van der Waals surface area contributed by atoms with Gasteiger partial charge in [-0.2, -0.15) is 9.97 Å². The molecule has 0 aliphatic rings. The molecule has 1 aromatic heterocycles. The van der Waals surface area contributed by atoms with E-state index in [0.717, 1.165) is 5.56 Å². The highest BCUT2D eigenvalue weighted by Crippen LogP contribution is 2.32. The van der Waals surface area contributed by atoms with Crippen LogP contribution in [0.5, 0.6) is 5.75 Å². The number of rotatable bonds is 6. The molecule has 3 rings (SSSR count). The van der Waals surface area contributed by atoms with E-state index in [1.54, 1.807) is 43.5 Å². The number of nitro groups is 1.